The highest BCUT2D eigenvalue weighted by atomic mass is 16.5. The summed E-state index contributed by atoms with van der Waals surface area (Å²) in [5.41, 5.74) is 7.44. The summed E-state index contributed by atoms with van der Waals surface area (Å²) in [6, 6.07) is 13.9. The van der Waals surface area contributed by atoms with Crippen molar-refractivity contribution in [2.45, 2.75) is 6.92 Å². The zero-order chi connectivity index (χ0) is 19.9. The van der Waals surface area contributed by atoms with Crippen molar-refractivity contribution >= 4 is 23.2 Å². The number of ether oxygens (including phenoxy) is 3. The lowest BCUT2D eigenvalue weighted by atomic mass is 10.2. The lowest BCUT2D eigenvalue weighted by Gasteiger charge is -2.12. The second-order valence-corrected chi connectivity index (χ2v) is 5.64. The normalized spacial score (nSPS) is 10.2. The molecule has 0 atom stereocenters. The van der Waals surface area contributed by atoms with Gasteiger partial charge in [0.15, 0.2) is 5.82 Å². The van der Waals surface area contributed by atoms with E-state index in [1.165, 1.54) is 6.33 Å². The second-order valence-electron chi connectivity index (χ2n) is 5.64. The van der Waals surface area contributed by atoms with Crippen molar-refractivity contribution in [3.05, 3.63) is 60.4 Å². The van der Waals surface area contributed by atoms with Gasteiger partial charge in [0.05, 0.1) is 19.3 Å². The smallest absolute Gasteiger partial charge is 0.338 e. The third-order valence-corrected chi connectivity index (χ3v) is 3.76. The fraction of sp³-hybridized carbons (Fsp3) is 0.150. The van der Waals surface area contributed by atoms with Crippen LogP contribution < -0.4 is 20.5 Å². The van der Waals surface area contributed by atoms with Gasteiger partial charge in [0.2, 0.25) is 5.88 Å². The molecule has 0 bridgehead atoms. The van der Waals surface area contributed by atoms with Crippen LogP contribution in [0.4, 0.5) is 17.2 Å². The minimum absolute atomic E-state index is 0.212. The Labute approximate surface area is 162 Å². The van der Waals surface area contributed by atoms with Crippen LogP contribution in [0.25, 0.3) is 0 Å². The molecule has 1 aromatic heterocycles. The van der Waals surface area contributed by atoms with E-state index in [2.05, 4.69) is 15.3 Å². The maximum atomic E-state index is 11.9. The lowest BCUT2D eigenvalue weighted by molar-refractivity contribution is 0.0526. The van der Waals surface area contributed by atoms with Gasteiger partial charge in [-0.15, -0.1) is 0 Å². The first-order chi connectivity index (χ1) is 13.6. The molecule has 0 aliphatic carbocycles. The monoisotopic (exact) mass is 380 g/mol. The predicted octanol–water partition coefficient (Wildman–Crippen LogP) is 3.78. The summed E-state index contributed by atoms with van der Waals surface area (Å²) in [6.45, 7) is 2.06. The molecule has 8 nitrogen and oxygen atoms in total. The van der Waals surface area contributed by atoms with Gasteiger partial charge >= 0.3 is 5.97 Å². The fourth-order valence-electron chi connectivity index (χ4n) is 2.39. The number of carbonyl (C=O) groups is 1. The van der Waals surface area contributed by atoms with Crippen LogP contribution in [-0.4, -0.2) is 29.7 Å². The maximum absolute atomic E-state index is 11.9. The number of hydrogen-bond donors (Lipinski definition) is 2. The van der Waals surface area contributed by atoms with Crippen molar-refractivity contribution in [2.75, 3.05) is 24.8 Å². The van der Waals surface area contributed by atoms with Gasteiger partial charge < -0.3 is 25.3 Å². The highest BCUT2D eigenvalue weighted by molar-refractivity contribution is 5.91. The molecule has 8 heteroatoms. The number of nitrogens with zero attached hydrogens (tertiary/aromatic N) is 2. The largest absolute Gasteiger partial charge is 0.497 e. The van der Waals surface area contributed by atoms with Crippen LogP contribution in [0.15, 0.2) is 54.9 Å². The molecule has 3 aromatic rings. The number of nitrogen functional groups attached to an aromatic ring is 1. The number of anilines is 3. The van der Waals surface area contributed by atoms with Crippen molar-refractivity contribution in [3.63, 3.8) is 0 Å². The molecular weight excluding hydrogens is 360 g/mol. The molecule has 0 radical (unpaired) electrons. The summed E-state index contributed by atoms with van der Waals surface area (Å²) in [6.07, 6.45) is 1.34. The number of esters is 1. The molecule has 0 aliphatic rings. The summed E-state index contributed by atoms with van der Waals surface area (Å²) >= 11 is 0. The SMILES string of the molecule is CCOC(=O)c1cccc(Nc2ncnc(Oc3ccc(OC)cc3)c2N)c1. The van der Waals surface area contributed by atoms with Gasteiger partial charge in [-0.1, -0.05) is 6.07 Å². The number of nitrogens with two attached hydrogens (primary N) is 1. The molecule has 0 unspecified atom stereocenters. The minimum atomic E-state index is -0.398. The zero-order valence-corrected chi connectivity index (χ0v) is 15.5. The summed E-state index contributed by atoms with van der Waals surface area (Å²) in [4.78, 5) is 20.1. The molecule has 28 heavy (non-hydrogen) atoms. The van der Waals surface area contributed by atoms with Crippen molar-refractivity contribution in [1.82, 2.24) is 9.97 Å². The Balaban J connectivity index is 1.79. The number of aromatic nitrogens is 2. The molecule has 1 heterocycles. The van der Waals surface area contributed by atoms with Crippen molar-refractivity contribution in [3.8, 4) is 17.4 Å². The van der Waals surface area contributed by atoms with Crippen molar-refractivity contribution < 1.29 is 19.0 Å². The fourth-order valence-corrected chi connectivity index (χ4v) is 2.39. The summed E-state index contributed by atoms with van der Waals surface area (Å²) in [7, 11) is 1.59. The van der Waals surface area contributed by atoms with Gasteiger partial charge in [0, 0.05) is 5.69 Å². The predicted molar refractivity (Wildman–Crippen MR) is 105 cm³/mol. The first-order valence-electron chi connectivity index (χ1n) is 8.57. The summed E-state index contributed by atoms with van der Waals surface area (Å²) in [5.74, 6) is 1.45. The summed E-state index contributed by atoms with van der Waals surface area (Å²) in [5, 5.41) is 3.07. The number of rotatable bonds is 7. The van der Waals surface area contributed by atoms with Gasteiger partial charge in [-0.2, -0.15) is 4.98 Å². The number of methoxy groups -OCH3 is 1. The first-order valence-corrected chi connectivity index (χ1v) is 8.57. The third kappa shape index (κ3) is 4.47. The zero-order valence-electron chi connectivity index (χ0n) is 15.5. The quantitative estimate of drug-likeness (QED) is 0.596. The van der Waals surface area contributed by atoms with Crippen LogP contribution in [0.1, 0.15) is 17.3 Å². The number of carbonyl (C=O) groups excluding carboxylic acids is 1. The Hall–Kier alpha value is -3.81. The Bertz CT molecular complexity index is 961. The Morgan fingerprint density at radius 3 is 2.57 bits per heavy atom. The van der Waals surface area contributed by atoms with Gasteiger partial charge in [-0.25, -0.2) is 9.78 Å². The molecule has 0 saturated heterocycles. The maximum Gasteiger partial charge on any atom is 0.338 e. The van der Waals surface area contributed by atoms with Gasteiger partial charge in [0.25, 0.3) is 0 Å². The topological polar surface area (TPSA) is 109 Å². The van der Waals surface area contributed by atoms with Crippen LogP contribution in [0, 0.1) is 0 Å². The van der Waals surface area contributed by atoms with E-state index in [0.717, 1.165) is 0 Å². The van der Waals surface area contributed by atoms with Crippen LogP contribution in [0.5, 0.6) is 17.4 Å². The van der Waals surface area contributed by atoms with E-state index in [1.807, 2.05) is 0 Å². The van der Waals surface area contributed by atoms with E-state index >= 15 is 0 Å². The van der Waals surface area contributed by atoms with Crippen LogP contribution >= 0.6 is 0 Å². The van der Waals surface area contributed by atoms with E-state index in [1.54, 1.807) is 62.6 Å². The molecule has 0 spiro atoms. The van der Waals surface area contributed by atoms with Crippen molar-refractivity contribution in [2.24, 2.45) is 0 Å². The van der Waals surface area contributed by atoms with E-state index in [9.17, 15) is 4.79 Å². The van der Waals surface area contributed by atoms with E-state index in [0.29, 0.717) is 35.2 Å². The molecule has 3 rings (SSSR count). The van der Waals surface area contributed by atoms with Crippen LogP contribution in [0.2, 0.25) is 0 Å². The molecular formula is C20H20N4O4. The van der Waals surface area contributed by atoms with E-state index in [4.69, 9.17) is 19.9 Å². The molecule has 0 aliphatic heterocycles. The van der Waals surface area contributed by atoms with Gasteiger partial charge in [-0.3, -0.25) is 0 Å². The standard InChI is InChI=1S/C20H20N4O4/c1-3-27-20(25)13-5-4-6-14(11-13)24-18-17(21)19(23-12-22-18)28-16-9-7-15(26-2)8-10-16/h4-12H,3,21H2,1-2H3,(H,22,23,24). The third-order valence-electron chi connectivity index (χ3n) is 3.76. The van der Waals surface area contributed by atoms with E-state index < -0.39 is 5.97 Å². The molecule has 0 amide bonds. The van der Waals surface area contributed by atoms with Crippen LogP contribution in [0.3, 0.4) is 0 Å². The molecule has 3 N–H and O–H groups in total. The first kappa shape index (κ1) is 19.0. The Kier molecular flexibility index (Phi) is 5.91. The average Bonchev–Trinajstić information content (AvgIpc) is 2.72. The molecule has 0 fully saturated rings. The lowest BCUT2D eigenvalue weighted by Crippen LogP contribution is -2.06. The Morgan fingerprint density at radius 1 is 1.11 bits per heavy atom. The highest BCUT2D eigenvalue weighted by Gasteiger charge is 2.12. The Morgan fingerprint density at radius 2 is 1.86 bits per heavy atom. The van der Waals surface area contributed by atoms with Gasteiger partial charge in [0.1, 0.15) is 23.5 Å². The number of benzene rings is 2. The van der Waals surface area contributed by atoms with Crippen LogP contribution in [-0.2, 0) is 4.74 Å². The van der Waals surface area contributed by atoms with Crippen molar-refractivity contribution in [1.29, 1.82) is 0 Å². The molecule has 2 aromatic carbocycles. The number of hydrogen-bond acceptors (Lipinski definition) is 8. The highest BCUT2D eigenvalue weighted by Crippen LogP contribution is 2.31. The minimum Gasteiger partial charge on any atom is -0.497 e. The van der Waals surface area contributed by atoms with Gasteiger partial charge in [-0.05, 0) is 49.4 Å². The molecule has 144 valence electrons. The number of nitrogens with one attached hydrogen (secondary N) is 1. The molecule has 0 saturated carbocycles. The van der Waals surface area contributed by atoms with E-state index in [-0.39, 0.29) is 11.6 Å². The summed E-state index contributed by atoms with van der Waals surface area (Å²) < 4.78 is 15.9. The second kappa shape index (κ2) is 8.72. The average molecular weight is 380 g/mol.